The number of para-hydroxylation sites is 1. The van der Waals surface area contributed by atoms with Crippen LogP contribution in [0.25, 0.3) is 0 Å². The number of fused-ring (bicyclic) bond motifs is 2. The van der Waals surface area contributed by atoms with Gasteiger partial charge in [-0.25, -0.2) is 0 Å². The van der Waals surface area contributed by atoms with E-state index in [2.05, 4.69) is 10.6 Å². The maximum absolute atomic E-state index is 12.4. The van der Waals surface area contributed by atoms with E-state index in [9.17, 15) is 4.79 Å². The van der Waals surface area contributed by atoms with Gasteiger partial charge in [0.2, 0.25) is 5.91 Å². The van der Waals surface area contributed by atoms with Crippen molar-refractivity contribution in [2.45, 2.75) is 19.8 Å². The Bertz CT molecular complexity index is 442. The van der Waals surface area contributed by atoms with Crippen LogP contribution in [0.2, 0.25) is 0 Å². The summed E-state index contributed by atoms with van der Waals surface area (Å²) in [7, 11) is 0. The second-order valence-corrected chi connectivity index (χ2v) is 5.59. The first kappa shape index (κ1) is 11.7. The SMILES string of the molecule is Cc1ccccc1NC(=O)C1[C@H]2CC[C@H]1CNC2. The molecule has 2 atom stereocenters. The highest BCUT2D eigenvalue weighted by molar-refractivity contribution is 5.93. The molecule has 2 N–H and O–H groups in total. The minimum absolute atomic E-state index is 0.214. The lowest BCUT2D eigenvalue weighted by atomic mass is 9.85. The molecule has 18 heavy (non-hydrogen) atoms. The van der Waals surface area contributed by atoms with E-state index in [-0.39, 0.29) is 11.8 Å². The van der Waals surface area contributed by atoms with Gasteiger partial charge in [0.05, 0.1) is 0 Å². The maximum atomic E-state index is 12.4. The number of amides is 1. The van der Waals surface area contributed by atoms with Crippen molar-refractivity contribution in [1.29, 1.82) is 0 Å². The number of hydrogen-bond acceptors (Lipinski definition) is 2. The van der Waals surface area contributed by atoms with Crippen molar-refractivity contribution in [1.82, 2.24) is 5.32 Å². The molecule has 1 saturated heterocycles. The van der Waals surface area contributed by atoms with Crippen molar-refractivity contribution in [3.8, 4) is 0 Å². The fourth-order valence-electron chi connectivity index (χ4n) is 3.44. The van der Waals surface area contributed by atoms with Gasteiger partial charge < -0.3 is 10.6 Å². The van der Waals surface area contributed by atoms with Crippen LogP contribution in [0, 0.1) is 24.7 Å². The molecule has 0 aromatic heterocycles. The van der Waals surface area contributed by atoms with Crippen LogP contribution in [0.3, 0.4) is 0 Å². The van der Waals surface area contributed by atoms with Gasteiger partial charge >= 0.3 is 0 Å². The molecular weight excluding hydrogens is 224 g/mol. The average molecular weight is 244 g/mol. The second kappa shape index (κ2) is 4.73. The van der Waals surface area contributed by atoms with Crippen LogP contribution in [0.1, 0.15) is 18.4 Å². The molecular formula is C15H20N2O. The summed E-state index contributed by atoms with van der Waals surface area (Å²) < 4.78 is 0. The van der Waals surface area contributed by atoms with Crippen LogP contribution >= 0.6 is 0 Å². The summed E-state index contributed by atoms with van der Waals surface area (Å²) in [4.78, 5) is 12.4. The molecule has 1 aliphatic carbocycles. The molecule has 1 saturated carbocycles. The van der Waals surface area contributed by atoms with Gasteiger partial charge in [-0.05, 0) is 56.3 Å². The first-order valence-electron chi connectivity index (χ1n) is 6.83. The van der Waals surface area contributed by atoms with Crippen LogP contribution in [0.5, 0.6) is 0 Å². The van der Waals surface area contributed by atoms with Crippen LogP contribution in [0.15, 0.2) is 24.3 Å². The van der Waals surface area contributed by atoms with Crippen molar-refractivity contribution in [3.63, 3.8) is 0 Å². The van der Waals surface area contributed by atoms with Gasteiger partial charge in [-0.15, -0.1) is 0 Å². The first-order chi connectivity index (χ1) is 8.75. The summed E-state index contributed by atoms with van der Waals surface area (Å²) in [5.74, 6) is 1.50. The van der Waals surface area contributed by atoms with Gasteiger partial charge in [0.1, 0.15) is 0 Å². The van der Waals surface area contributed by atoms with Crippen molar-refractivity contribution in [2.75, 3.05) is 18.4 Å². The zero-order valence-electron chi connectivity index (χ0n) is 10.8. The summed E-state index contributed by atoms with van der Waals surface area (Å²) in [6.45, 7) is 4.04. The van der Waals surface area contributed by atoms with E-state index in [1.807, 2.05) is 31.2 Å². The normalized spacial score (nSPS) is 30.2. The highest BCUT2D eigenvalue weighted by atomic mass is 16.1. The second-order valence-electron chi connectivity index (χ2n) is 5.59. The number of rotatable bonds is 2. The van der Waals surface area contributed by atoms with E-state index in [0.717, 1.165) is 24.3 Å². The van der Waals surface area contributed by atoms with E-state index in [4.69, 9.17) is 0 Å². The predicted molar refractivity (Wildman–Crippen MR) is 72.4 cm³/mol. The van der Waals surface area contributed by atoms with Crippen LogP contribution < -0.4 is 10.6 Å². The molecule has 0 spiro atoms. The lowest BCUT2D eigenvalue weighted by Gasteiger charge is -2.29. The third kappa shape index (κ3) is 2.03. The van der Waals surface area contributed by atoms with Crippen LogP contribution in [-0.2, 0) is 4.79 Å². The van der Waals surface area contributed by atoms with E-state index in [1.165, 1.54) is 12.8 Å². The van der Waals surface area contributed by atoms with Gasteiger partial charge in [0.25, 0.3) is 0 Å². The molecule has 96 valence electrons. The molecule has 3 nitrogen and oxygen atoms in total. The van der Waals surface area contributed by atoms with Crippen molar-refractivity contribution < 1.29 is 4.79 Å². The largest absolute Gasteiger partial charge is 0.326 e. The number of nitrogens with one attached hydrogen (secondary N) is 2. The van der Waals surface area contributed by atoms with E-state index < -0.39 is 0 Å². The van der Waals surface area contributed by atoms with Crippen molar-refractivity contribution in [2.24, 2.45) is 17.8 Å². The number of piperidine rings is 1. The molecule has 3 rings (SSSR count). The Hall–Kier alpha value is -1.35. The molecule has 1 amide bonds. The number of aryl methyl sites for hydroxylation is 1. The number of carbonyl (C=O) groups is 1. The smallest absolute Gasteiger partial charge is 0.228 e. The zero-order chi connectivity index (χ0) is 12.5. The predicted octanol–water partition coefficient (Wildman–Crippen LogP) is 2.18. The molecule has 2 fully saturated rings. The van der Waals surface area contributed by atoms with E-state index in [1.54, 1.807) is 0 Å². The average Bonchev–Trinajstić information content (AvgIpc) is 2.62. The topological polar surface area (TPSA) is 41.1 Å². The number of anilines is 1. The van der Waals surface area contributed by atoms with Gasteiger partial charge in [-0.1, -0.05) is 18.2 Å². The number of hydrogen-bond donors (Lipinski definition) is 2. The first-order valence-corrected chi connectivity index (χ1v) is 6.83. The number of carbonyl (C=O) groups excluding carboxylic acids is 1. The van der Waals surface area contributed by atoms with Crippen LogP contribution in [0.4, 0.5) is 5.69 Å². The molecule has 1 aromatic carbocycles. The molecule has 2 aliphatic rings. The maximum Gasteiger partial charge on any atom is 0.228 e. The molecule has 2 bridgehead atoms. The Kier molecular flexibility index (Phi) is 3.08. The Morgan fingerprint density at radius 2 is 1.89 bits per heavy atom. The monoisotopic (exact) mass is 244 g/mol. The third-order valence-corrected chi connectivity index (χ3v) is 4.44. The summed E-state index contributed by atoms with van der Waals surface area (Å²) >= 11 is 0. The van der Waals surface area contributed by atoms with Gasteiger partial charge in [0.15, 0.2) is 0 Å². The van der Waals surface area contributed by atoms with Gasteiger partial charge in [-0.2, -0.15) is 0 Å². The molecule has 1 aliphatic heterocycles. The highest BCUT2D eigenvalue weighted by Crippen LogP contribution is 2.39. The Morgan fingerprint density at radius 3 is 2.56 bits per heavy atom. The number of benzene rings is 1. The van der Waals surface area contributed by atoms with E-state index >= 15 is 0 Å². The highest BCUT2D eigenvalue weighted by Gasteiger charge is 2.43. The van der Waals surface area contributed by atoms with Crippen LogP contribution in [-0.4, -0.2) is 19.0 Å². The van der Waals surface area contributed by atoms with Crippen molar-refractivity contribution in [3.05, 3.63) is 29.8 Å². The fourth-order valence-corrected chi connectivity index (χ4v) is 3.44. The summed E-state index contributed by atoms with van der Waals surface area (Å²) in [5, 5.41) is 6.54. The quantitative estimate of drug-likeness (QED) is 0.837. The zero-order valence-corrected chi connectivity index (χ0v) is 10.8. The molecule has 3 heteroatoms. The Labute approximate surface area is 108 Å². The minimum atomic E-state index is 0.214. The lowest BCUT2D eigenvalue weighted by molar-refractivity contribution is -0.122. The third-order valence-electron chi connectivity index (χ3n) is 4.44. The molecule has 0 radical (unpaired) electrons. The summed E-state index contributed by atoms with van der Waals surface area (Å²) in [5.41, 5.74) is 2.09. The Balaban J connectivity index is 1.74. The van der Waals surface area contributed by atoms with Gasteiger partial charge in [-0.3, -0.25) is 4.79 Å². The molecule has 1 aromatic rings. The fraction of sp³-hybridized carbons (Fsp3) is 0.533. The van der Waals surface area contributed by atoms with Gasteiger partial charge in [0, 0.05) is 11.6 Å². The molecule has 1 heterocycles. The summed E-state index contributed by atoms with van der Waals surface area (Å²) in [6, 6.07) is 7.99. The Morgan fingerprint density at radius 1 is 1.22 bits per heavy atom. The molecule has 0 unspecified atom stereocenters. The summed E-state index contributed by atoms with van der Waals surface area (Å²) in [6.07, 6.45) is 2.40. The van der Waals surface area contributed by atoms with E-state index in [0.29, 0.717) is 11.8 Å². The minimum Gasteiger partial charge on any atom is -0.326 e. The van der Waals surface area contributed by atoms with Crippen molar-refractivity contribution >= 4 is 11.6 Å². The standard InChI is InChI=1S/C15H20N2O/c1-10-4-2-3-5-13(10)17-15(18)14-11-6-7-12(14)9-16-8-11/h2-5,11-12,14,16H,6-9H2,1H3,(H,17,18)/t11-,12-/m0/s1. The lowest BCUT2D eigenvalue weighted by Crippen LogP contribution is -2.43.